The molecule has 0 spiro atoms. The van der Waals surface area contributed by atoms with Crippen LogP contribution in [0.2, 0.25) is 0 Å². The molecule has 1 aromatic rings. The molecule has 122 valence electrons. The van der Waals surface area contributed by atoms with Crippen LogP contribution in [0.5, 0.6) is 0 Å². The maximum Gasteiger partial charge on any atom is 1.00 e. The summed E-state index contributed by atoms with van der Waals surface area (Å²) in [4.78, 5) is 32.3. The number of aliphatic hydroxyl groups excluding tert-OH is 2. The summed E-state index contributed by atoms with van der Waals surface area (Å²) in [6.45, 7) is -0.657. The number of rotatable bonds is 4. The molecule has 1 aliphatic heterocycles. The molecular weight excluding hydrogens is 387 g/mol. The zero-order valence-electron chi connectivity index (χ0n) is 14.5. The van der Waals surface area contributed by atoms with Crippen molar-refractivity contribution in [3.05, 3.63) is 22.7 Å². The van der Waals surface area contributed by atoms with Gasteiger partial charge in [0.05, 0.1) is 6.61 Å². The van der Waals surface area contributed by atoms with Crippen LogP contribution in [0.4, 0.5) is 5.82 Å². The summed E-state index contributed by atoms with van der Waals surface area (Å²) in [6, 6.07) is 1.29. The Labute approximate surface area is 218 Å². The van der Waals surface area contributed by atoms with Crippen molar-refractivity contribution in [2.24, 2.45) is 0 Å². The Morgan fingerprint density at radius 1 is 1.39 bits per heavy atom. The molecule has 1 aromatic heterocycles. The monoisotopic (exact) mass is 403 g/mol. The van der Waals surface area contributed by atoms with Gasteiger partial charge in [0.2, 0.25) is 0 Å². The quantitative estimate of drug-likeness (QED) is 0.240. The molecule has 0 aliphatic carbocycles. The van der Waals surface area contributed by atoms with Crippen LogP contribution in [0.25, 0.3) is 0 Å². The zero-order chi connectivity index (χ0) is 15.8. The van der Waals surface area contributed by atoms with Crippen molar-refractivity contribution in [1.82, 2.24) is 9.55 Å². The van der Waals surface area contributed by atoms with Gasteiger partial charge in [-0.1, -0.05) is 0 Å². The van der Waals surface area contributed by atoms with E-state index in [-0.39, 0.29) is 111 Å². The van der Waals surface area contributed by atoms with Gasteiger partial charge in [0.1, 0.15) is 24.1 Å². The van der Waals surface area contributed by atoms with Gasteiger partial charge >= 0.3 is 116 Å². The summed E-state index contributed by atoms with van der Waals surface area (Å²) < 4.78 is 20.9. The second-order valence-corrected chi connectivity index (χ2v) is 5.61. The van der Waals surface area contributed by atoms with E-state index in [2.05, 4.69) is 9.51 Å². The van der Waals surface area contributed by atoms with Crippen LogP contribution >= 0.6 is 7.82 Å². The predicted molar refractivity (Wildman–Crippen MR) is 69.1 cm³/mol. The number of hydrogen-bond donors (Lipinski definition) is 5. The van der Waals surface area contributed by atoms with Gasteiger partial charge in [-0.2, -0.15) is 4.98 Å². The maximum atomic E-state index is 11.6. The number of aromatic nitrogens is 2. The fourth-order valence-electron chi connectivity index (χ4n) is 1.89. The fourth-order valence-corrected chi connectivity index (χ4v) is 2.23. The first-order valence-corrected chi connectivity index (χ1v) is 7.28. The molecule has 0 bridgehead atoms. The molecule has 0 unspecified atom stereocenters. The van der Waals surface area contributed by atoms with Crippen LogP contribution in [0.1, 0.15) is 9.08 Å². The summed E-state index contributed by atoms with van der Waals surface area (Å²) in [5.41, 5.74) is 4.52. The van der Waals surface area contributed by atoms with Gasteiger partial charge in [0.25, 0.3) is 0 Å². The van der Waals surface area contributed by atoms with Crippen molar-refractivity contribution in [3.8, 4) is 0 Å². The van der Waals surface area contributed by atoms with Crippen molar-refractivity contribution >= 4 is 13.6 Å². The number of phosphoric acid groups is 1. The smallest absolute Gasteiger partial charge is 1.00 e. The third kappa shape index (κ3) is 6.88. The van der Waals surface area contributed by atoms with Gasteiger partial charge in [0, 0.05) is 6.20 Å². The largest absolute Gasteiger partial charge is 1.00 e. The maximum absolute atomic E-state index is 11.6. The van der Waals surface area contributed by atoms with Crippen LogP contribution < -0.4 is 114 Å². The zero-order valence-corrected chi connectivity index (χ0v) is 19.7. The Balaban J connectivity index is -0.00000121. The summed E-state index contributed by atoms with van der Waals surface area (Å²) in [7, 11) is -4.74. The average molecular weight is 403 g/mol. The van der Waals surface area contributed by atoms with Gasteiger partial charge < -0.3 is 33.3 Å². The predicted octanol–water partition coefficient (Wildman–Crippen LogP) is -8.21. The molecule has 1 saturated heterocycles. The van der Waals surface area contributed by atoms with E-state index < -0.39 is 44.7 Å². The molecule has 11 nitrogen and oxygen atoms in total. The first kappa shape index (κ1) is 24.9. The second-order valence-electron chi connectivity index (χ2n) is 4.37. The molecule has 1 fully saturated rings. The van der Waals surface area contributed by atoms with Gasteiger partial charge in [-0.25, -0.2) is 9.36 Å². The molecular formula is C9H16K2N3O8P. The number of hydrogen-bond acceptors (Lipinski definition) is 8. The average Bonchev–Trinajstić information content (AvgIpc) is 2.64. The van der Waals surface area contributed by atoms with E-state index >= 15 is 0 Å². The summed E-state index contributed by atoms with van der Waals surface area (Å²) in [5.74, 6) is -0.0225. The van der Waals surface area contributed by atoms with Gasteiger partial charge in [0.15, 0.2) is 6.23 Å². The standard InChI is InChI=1S/C9H14N3O8P.2K.2H/c10-5-1-2-12(9(15)11-5)8-7(14)6(13)4(20-8)3-19-21(16,17)18;;;;/h1-2,4,6-8,13-14H,3H2,(H2,10,11,15)(H2,16,17,18);;;;/q;2*+1;2*-1/t4-,6-,7-,8-;;;;/m1..../s1. The number of nitrogens with zero attached hydrogens (tertiary/aromatic N) is 2. The summed E-state index contributed by atoms with van der Waals surface area (Å²) in [5, 5.41) is 19.6. The topological polar surface area (TPSA) is 177 Å². The van der Waals surface area contributed by atoms with E-state index in [0.717, 1.165) is 4.57 Å². The minimum atomic E-state index is -4.74. The Morgan fingerprint density at radius 3 is 2.52 bits per heavy atom. The molecule has 2 heterocycles. The van der Waals surface area contributed by atoms with Crippen molar-refractivity contribution in [2.45, 2.75) is 24.5 Å². The Bertz CT molecular complexity index is 635. The number of aliphatic hydroxyl groups is 2. The molecule has 0 amide bonds. The van der Waals surface area contributed by atoms with Crippen LogP contribution in [0.3, 0.4) is 0 Å². The van der Waals surface area contributed by atoms with E-state index in [0.29, 0.717) is 0 Å². The van der Waals surface area contributed by atoms with Gasteiger partial charge in [-0.3, -0.25) is 9.09 Å². The Morgan fingerprint density at radius 2 is 2.00 bits per heavy atom. The number of nitrogens with two attached hydrogens (primary N) is 1. The number of phosphoric ester groups is 1. The molecule has 0 radical (unpaired) electrons. The minimum absolute atomic E-state index is 0. The SMILES string of the molecule is Nc1ccn([C@@H]2O[C@H](COP(=O)(O)O)[C@@H](O)[C@H]2O)c(=O)n1.[H-].[H-].[K+].[K+]. The van der Waals surface area contributed by atoms with Gasteiger partial charge in [-0.05, 0) is 6.07 Å². The summed E-state index contributed by atoms with van der Waals surface area (Å²) >= 11 is 0. The number of nitrogen functional groups attached to an aromatic ring is 1. The minimum Gasteiger partial charge on any atom is -1.00 e. The van der Waals surface area contributed by atoms with Crippen molar-refractivity contribution in [3.63, 3.8) is 0 Å². The first-order valence-electron chi connectivity index (χ1n) is 5.75. The molecule has 0 saturated carbocycles. The van der Waals surface area contributed by atoms with Crippen molar-refractivity contribution < 1.29 is 139 Å². The van der Waals surface area contributed by atoms with Gasteiger partial charge in [-0.15, -0.1) is 0 Å². The van der Waals surface area contributed by atoms with E-state index in [9.17, 15) is 19.6 Å². The van der Waals surface area contributed by atoms with E-state index in [1.165, 1.54) is 12.3 Å². The van der Waals surface area contributed by atoms with E-state index in [4.69, 9.17) is 20.3 Å². The molecule has 0 aromatic carbocycles. The normalized spacial score (nSPS) is 27.1. The van der Waals surface area contributed by atoms with Crippen molar-refractivity contribution in [2.75, 3.05) is 12.3 Å². The van der Waals surface area contributed by atoms with E-state index in [1.807, 2.05) is 0 Å². The molecule has 6 N–H and O–H groups in total. The number of ether oxygens (including phenoxy) is 1. The fraction of sp³-hybridized carbons (Fsp3) is 0.556. The van der Waals surface area contributed by atoms with Crippen LogP contribution in [-0.2, 0) is 13.8 Å². The molecule has 23 heavy (non-hydrogen) atoms. The van der Waals surface area contributed by atoms with E-state index in [1.54, 1.807) is 0 Å². The van der Waals surface area contributed by atoms with Crippen LogP contribution in [0, 0.1) is 0 Å². The Hall–Kier alpha value is 1.94. The molecule has 2 rings (SSSR count). The first-order chi connectivity index (χ1) is 9.69. The third-order valence-corrected chi connectivity index (χ3v) is 3.36. The Kier molecular flexibility index (Phi) is 11.2. The third-order valence-electron chi connectivity index (χ3n) is 2.87. The van der Waals surface area contributed by atoms with Crippen LogP contribution in [0.15, 0.2) is 17.1 Å². The second kappa shape index (κ2) is 10.3. The molecule has 14 heteroatoms. The van der Waals surface area contributed by atoms with Crippen LogP contribution in [-0.4, -0.2) is 54.5 Å². The summed E-state index contributed by atoms with van der Waals surface area (Å²) in [6.07, 6.45) is -4.27. The molecule has 1 aliphatic rings. The molecule has 4 atom stereocenters. The van der Waals surface area contributed by atoms with Crippen molar-refractivity contribution in [1.29, 1.82) is 0 Å². The number of anilines is 1.